The van der Waals surface area contributed by atoms with Crippen LogP contribution in [0.15, 0.2) is 0 Å². The number of likely N-dealkylation sites (tertiary alicyclic amines) is 1. The lowest BCUT2D eigenvalue weighted by atomic mass is 9.95. The van der Waals surface area contributed by atoms with Gasteiger partial charge in [-0.3, -0.25) is 9.59 Å². The fourth-order valence-electron chi connectivity index (χ4n) is 4.56. The number of fused-ring (bicyclic) bond motifs is 2. The molecule has 39 heavy (non-hydrogen) atoms. The zero-order valence-corrected chi connectivity index (χ0v) is 24.2. The SMILES string of the molecule is CCOC(=O)C(C)(C)COS(=O)(=O)ON1C(=O)N2CC1CC[C@H]2C(=O)NC1CCN(C(=O)OC(C)(C)C)CC1. The number of piperidine rings is 2. The molecule has 1 N–H and O–H groups in total. The molecule has 3 fully saturated rings. The zero-order valence-electron chi connectivity index (χ0n) is 23.4. The minimum Gasteiger partial charge on any atom is -0.466 e. The number of ether oxygens (including phenoxy) is 2. The predicted molar refractivity (Wildman–Crippen MR) is 136 cm³/mol. The van der Waals surface area contributed by atoms with Gasteiger partial charge >= 0.3 is 28.5 Å². The first-order valence-electron chi connectivity index (χ1n) is 13.2. The summed E-state index contributed by atoms with van der Waals surface area (Å²) in [5, 5.41) is 3.68. The number of esters is 1. The maximum absolute atomic E-state index is 13.1. The minimum atomic E-state index is -4.67. The van der Waals surface area contributed by atoms with Crippen molar-refractivity contribution in [2.24, 2.45) is 5.41 Å². The fraction of sp³-hybridized carbons (Fsp3) is 0.833. The van der Waals surface area contributed by atoms with Gasteiger partial charge in [-0.05, 0) is 67.2 Å². The van der Waals surface area contributed by atoms with Crippen LogP contribution >= 0.6 is 0 Å². The summed E-state index contributed by atoms with van der Waals surface area (Å²) in [6, 6.07) is -2.28. The minimum absolute atomic E-state index is 0.123. The molecule has 4 amide bonds. The molecular formula is C24H40N4O10S. The number of hydrogen-bond donors (Lipinski definition) is 1. The van der Waals surface area contributed by atoms with Crippen LogP contribution in [0.25, 0.3) is 0 Å². The van der Waals surface area contributed by atoms with Crippen molar-refractivity contribution in [1.82, 2.24) is 20.2 Å². The van der Waals surface area contributed by atoms with Gasteiger partial charge in [0.1, 0.15) is 11.6 Å². The third-order valence-electron chi connectivity index (χ3n) is 6.68. The van der Waals surface area contributed by atoms with Gasteiger partial charge in [-0.25, -0.2) is 13.8 Å². The number of urea groups is 1. The number of nitrogens with zero attached hydrogens (tertiary/aromatic N) is 3. The molecule has 0 radical (unpaired) electrons. The van der Waals surface area contributed by atoms with Gasteiger partial charge in [0.05, 0.1) is 24.7 Å². The van der Waals surface area contributed by atoms with Gasteiger partial charge in [0.15, 0.2) is 0 Å². The number of carbonyl (C=O) groups is 4. The summed E-state index contributed by atoms with van der Waals surface area (Å²) in [6.45, 7) is 10.5. The Bertz CT molecular complexity index is 1050. The fourth-order valence-corrected chi connectivity index (χ4v) is 5.42. The Balaban J connectivity index is 1.51. The molecule has 222 valence electrons. The number of carbonyl (C=O) groups excluding carboxylic acids is 4. The van der Waals surface area contributed by atoms with E-state index in [2.05, 4.69) is 5.32 Å². The number of rotatable bonds is 9. The van der Waals surface area contributed by atoms with Gasteiger partial charge in [-0.15, -0.1) is 4.28 Å². The predicted octanol–water partition coefficient (Wildman–Crippen LogP) is 1.55. The first kappa shape index (κ1) is 30.9. The smallest absolute Gasteiger partial charge is 0.421 e. The second-order valence-electron chi connectivity index (χ2n) is 11.6. The summed E-state index contributed by atoms with van der Waals surface area (Å²) < 4.78 is 45.0. The Morgan fingerprint density at radius 1 is 1.03 bits per heavy atom. The van der Waals surface area contributed by atoms with Crippen LogP contribution in [0.5, 0.6) is 0 Å². The monoisotopic (exact) mass is 576 g/mol. The van der Waals surface area contributed by atoms with Crippen molar-refractivity contribution < 1.29 is 45.5 Å². The van der Waals surface area contributed by atoms with E-state index in [1.807, 2.05) is 0 Å². The third kappa shape index (κ3) is 7.94. The molecule has 3 heterocycles. The van der Waals surface area contributed by atoms with Crippen molar-refractivity contribution in [3.8, 4) is 0 Å². The van der Waals surface area contributed by atoms with Crippen LogP contribution < -0.4 is 5.32 Å². The quantitative estimate of drug-likeness (QED) is 0.399. The zero-order chi connectivity index (χ0) is 29.2. The van der Waals surface area contributed by atoms with Gasteiger partial charge < -0.3 is 24.6 Å². The Morgan fingerprint density at radius 3 is 2.26 bits per heavy atom. The second-order valence-corrected chi connectivity index (χ2v) is 12.8. The largest absolute Gasteiger partial charge is 0.466 e. The van der Waals surface area contributed by atoms with Crippen molar-refractivity contribution in [3.05, 3.63) is 0 Å². The lowest BCUT2D eigenvalue weighted by molar-refractivity contribution is -0.155. The molecule has 3 rings (SSSR count). The molecule has 3 saturated heterocycles. The number of hydrogen-bond acceptors (Lipinski definition) is 10. The maximum atomic E-state index is 13.1. The Kier molecular flexibility index (Phi) is 9.38. The molecule has 0 aromatic rings. The van der Waals surface area contributed by atoms with Crippen molar-refractivity contribution in [2.45, 2.75) is 91.0 Å². The number of nitrogens with one attached hydrogen (secondary N) is 1. The molecule has 0 aliphatic carbocycles. The maximum Gasteiger partial charge on any atom is 0.421 e. The third-order valence-corrected chi connectivity index (χ3v) is 7.43. The first-order chi connectivity index (χ1) is 18.0. The summed E-state index contributed by atoms with van der Waals surface area (Å²) >= 11 is 0. The van der Waals surface area contributed by atoms with Crippen LogP contribution in [0.4, 0.5) is 9.59 Å². The molecule has 3 aliphatic heterocycles. The highest BCUT2D eigenvalue weighted by atomic mass is 32.3. The molecule has 2 bridgehead atoms. The summed E-state index contributed by atoms with van der Waals surface area (Å²) in [5.41, 5.74) is -1.85. The van der Waals surface area contributed by atoms with Crippen molar-refractivity contribution in [1.29, 1.82) is 0 Å². The van der Waals surface area contributed by atoms with Gasteiger partial charge in [-0.2, -0.15) is 13.5 Å². The van der Waals surface area contributed by atoms with Gasteiger partial charge in [0, 0.05) is 25.7 Å². The van der Waals surface area contributed by atoms with Crippen LogP contribution in [-0.2, 0) is 37.9 Å². The molecule has 0 spiro atoms. The Labute approximate surface area is 229 Å². The summed E-state index contributed by atoms with van der Waals surface area (Å²) in [6.07, 6.45) is 1.37. The average Bonchev–Trinajstić information content (AvgIpc) is 3.06. The van der Waals surface area contributed by atoms with E-state index in [1.165, 1.54) is 18.7 Å². The molecular weight excluding hydrogens is 536 g/mol. The molecule has 15 heteroatoms. The van der Waals surface area contributed by atoms with Gasteiger partial charge in [0.2, 0.25) is 5.91 Å². The van der Waals surface area contributed by atoms with Crippen molar-refractivity contribution >= 4 is 34.4 Å². The van der Waals surface area contributed by atoms with E-state index >= 15 is 0 Å². The van der Waals surface area contributed by atoms with Crippen LogP contribution in [-0.4, -0.2) is 104 Å². The van der Waals surface area contributed by atoms with E-state index in [4.69, 9.17) is 17.9 Å². The highest BCUT2D eigenvalue weighted by Crippen LogP contribution is 2.32. The highest BCUT2D eigenvalue weighted by Gasteiger charge is 2.50. The lowest BCUT2D eigenvalue weighted by Gasteiger charge is -2.35. The number of hydroxylamine groups is 2. The van der Waals surface area contributed by atoms with Crippen LogP contribution in [0.2, 0.25) is 0 Å². The van der Waals surface area contributed by atoms with E-state index < -0.39 is 58.2 Å². The molecule has 0 aromatic carbocycles. The summed E-state index contributed by atoms with van der Waals surface area (Å²) in [4.78, 5) is 53.2. The normalized spacial score (nSPS) is 22.6. The molecule has 1 unspecified atom stereocenters. The van der Waals surface area contributed by atoms with E-state index in [-0.39, 0.29) is 25.1 Å². The Morgan fingerprint density at radius 2 is 1.67 bits per heavy atom. The van der Waals surface area contributed by atoms with E-state index in [0.717, 1.165) is 5.06 Å². The molecule has 14 nitrogen and oxygen atoms in total. The number of amides is 4. The topological polar surface area (TPSA) is 161 Å². The average molecular weight is 577 g/mol. The van der Waals surface area contributed by atoms with Crippen LogP contribution in [0, 0.1) is 5.41 Å². The van der Waals surface area contributed by atoms with Gasteiger partial charge in [-0.1, -0.05) is 0 Å². The first-order valence-corrected chi connectivity index (χ1v) is 14.5. The Hall–Kier alpha value is -2.65. The van der Waals surface area contributed by atoms with E-state index in [0.29, 0.717) is 38.8 Å². The molecule has 0 aromatic heterocycles. The summed E-state index contributed by atoms with van der Waals surface area (Å²) in [7, 11) is -4.67. The van der Waals surface area contributed by atoms with Crippen LogP contribution in [0.1, 0.15) is 67.2 Å². The van der Waals surface area contributed by atoms with E-state index in [9.17, 15) is 27.6 Å². The molecule has 0 saturated carbocycles. The lowest BCUT2D eigenvalue weighted by Crippen LogP contribution is -2.54. The standard InChI is InChI=1S/C24H40N4O10S/c1-7-35-20(30)24(5,6)15-36-39(33,34)38-28-17-8-9-18(27(14-17)21(28)31)19(29)25-16-10-12-26(13-11-16)22(32)37-23(2,3)4/h16-18H,7-15H2,1-6H3,(H,25,29)/t17?,18-/m0/s1. The van der Waals surface area contributed by atoms with Crippen LogP contribution in [0.3, 0.4) is 0 Å². The van der Waals surface area contributed by atoms with Gasteiger partial charge in [0.25, 0.3) is 0 Å². The van der Waals surface area contributed by atoms with Crippen molar-refractivity contribution in [3.63, 3.8) is 0 Å². The van der Waals surface area contributed by atoms with Crippen molar-refractivity contribution in [2.75, 3.05) is 32.8 Å². The highest BCUT2D eigenvalue weighted by molar-refractivity contribution is 7.81. The molecule has 2 atom stereocenters. The van der Waals surface area contributed by atoms with E-state index in [1.54, 1.807) is 32.6 Å². The second kappa shape index (κ2) is 11.8. The molecule has 3 aliphatic rings. The summed E-state index contributed by atoms with van der Waals surface area (Å²) in [5.74, 6) is -0.974.